The van der Waals surface area contributed by atoms with Crippen LogP contribution in [0.25, 0.3) is 0 Å². The Balaban J connectivity index is 2.12. The fourth-order valence-corrected chi connectivity index (χ4v) is 2.74. The first-order valence-electron chi connectivity index (χ1n) is 7.67. The molecule has 7 heteroatoms. The number of carbonyl (C=O) groups is 2. The molecule has 1 amide bonds. The van der Waals surface area contributed by atoms with Crippen LogP contribution in [0.15, 0.2) is 6.20 Å². The highest BCUT2D eigenvalue weighted by Gasteiger charge is 2.24. The third kappa shape index (κ3) is 3.65. The predicted molar refractivity (Wildman–Crippen MR) is 79.9 cm³/mol. The van der Waals surface area contributed by atoms with Crippen molar-refractivity contribution in [3.05, 3.63) is 17.5 Å². The first-order chi connectivity index (χ1) is 10.5. The van der Waals surface area contributed by atoms with Crippen molar-refractivity contribution in [2.75, 3.05) is 26.3 Å². The van der Waals surface area contributed by atoms with Crippen LogP contribution < -0.4 is 0 Å². The van der Waals surface area contributed by atoms with Gasteiger partial charge in [0.1, 0.15) is 0 Å². The lowest BCUT2D eigenvalue weighted by molar-refractivity contribution is -0.137. The van der Waals surface area contributed by atoms with E-state index in [9.17, 15) is 9.59 Å². The average molecular weight is 309 g/mol. The van der Waals surface area contributed by atoms with E-state index in [1.54, 1.807) is 11.1 Å². The van der Waals surface area contributed by atoms with Crippen molar-refractivity contribution >= 4 is 11.9 Å². The van der Waals surface area contributed by atoms with E-state index < -0.39 is 5.97 Å². The summed E-state index contributed by atoms with van der Waals surface area (Å²) < 4.78 is 7.26. The van der Waals surface area contributed by atoms with Crippen LogP contribution in [0.3, 0.4) is 0 Å². The number of hydrogen-bond acceptors (Lipinski definition) is 4. The molecule has 0 radical (unpaired) electrons. The lowest BCUT2D eigenvalue weighted by Gasteiger charge is -2.24. The summed E-state index contributed by atoms with van der Waals surface area (Å²) in [6.45, 7) is 5.86. The minimum Gasteiger partial charge on any atom is -0.481 e. The van der Waals surface area contributed by atoms with Gasteiger partial charge in [-0.1, -0.05) is 0 Å². The monoisotopic (exact) mass is 309 g/mol. The van der Waals surface area contributed by atoms with E-state index in [1.165, 1.54) is 0 Å². The van der Waals surface area contributed by atoms with Crippen molar-refractivity contribution < 1.29 is 19.4 Å². The van der Waals surface area contributed by atoms with Gasteiger partial charge in [-0.2, -0.15) is 5.10 Å². The van der Waals surface area contributed by atoms with Crippen LogP contribution in [0, 0.1) is 6.92 Å². The van der Waals surface area contributed by atoms with Gasteiger partial charge in [0.15, 0.2) is 0 Å². The minimum absolute atomic E-state index is 0.0489. The molecule has 2 heterocycles. The van der Waals surface area contributed by atoms with Gasteiger partial charge in [-0.15, -0.1) is 0 Å². The fraction of sp³-hybridized carbons (Fsp3) is 0.667. The third-order valence-corrected chi connectivity index (χ3v) is 4.08. The quantitative estimate of drug-likeness (QED) is 0.860. The molecule has 2 rings (SSSR count). The highest BCUT2D eigenvalue weighted by Crippen LogP contribution is 2.23. The maximum absolute atomic E-state index is 12.6. The molecule has 7 nitrogen and oxygen atoms in total. The molecule has 1 saturated heterocycles. The number of carboxylic acid groups (broad SMARTS) is 1. The minimum atomic E-state index is -0.902. The Morgan fingerprint density at radius 1 is 1.45 bits per heavy atom. The summed E-state index contributed by atoms with van der Waals surface area (Å²) in [5.41, 5.74) is 1.39. The van der Waals surface area contributed by atoms with Crippen LogP contribution >= 0.6 is 0 Å². The Morgan fingerprint density at radius 3 is 2.73 bits per heavy atom. The molecule has 1 aromatic heterocycles. The normalized spacial score (nSPS) is 15.7. The molecule has 1 aromatic rings. The summed E-state index contributed by atoms with van der Waals surface area (Å²) in [5, 5.41) is 13.1. The Labute approximate surface area is 129 Å². The van der Waals surface area contributed by atoms with Gasteiger partial charge < -0.3 is 14.7 Å². The zero-order valence-corrected chi connectivity index (χ0v) is 13.1. The third-order valence-electron chi connectivity index (χ3n) is 4.08. The van der Waals surface area contributed by atoms with Crippen LogP contribution in [0.1, 0.15) is 48.3 Å². The molecule has 1 N–H and O–H groups in total. The van der Waals surface area contributed by atoms with Crippen molar-refractivity contribution in [1.29, 1.82) is 0 Å². The van der Waals surface area contributed by atoms with Crippen LogP contribution in [-0.2, 0) is 9.53 Å². The van der Waals surface area contributed by atoms with Crippen molar-refractivity contribution in [3.8, 4) is 0 Å². The zero-order valence-electron chi connectivity index (χ0n) is 13.1. The first kappa shape index (κ1) is 16.5. The smallest absolute Gasteiger partial charge is 0.305 e. The molecule has 0 unspecified atom stereocenters. The van der Waals surface area contributed by atoms with E-state index in [1.807, 2.05) is 18.5 Å². The molecule has 22 heavy (non-hydrogen) atoms. The molecule has 0 aliphatic carbocycles. The Hall–Kier alpha value is -1.89. The number of amides is 1. The predicted octanol–water partition coefficient (Wildman–Crippen LogP) is 1.48. The zero-order chi connectivity index (χ0) is 16.1. The van der Waals surface area contributed by atoms with E-state index in [2.05, 4.69) is 5.10 Å². The van der Waals surface area contributed by atoms with E-state index in [0.29, 0.717) is 25.3 Å². The molecule has 0 atom stereocenters. The molecular weight excluding hydrogens is 286 g/mol. The Bertz CT molecular complexity index is 535. The van der Waals surface area contributed by atoms with E-state index in [4.69, 9.17) is 9.84 Å². The van der Waals surface area contributed by atoms with Crippen LogP contribution in [0.5, 0.6) is 0 Å². The molecule has 122 valence electrons. The average Bonchev–Trinajstić information content (AvgIpc) is 2.90. The molecule has 0 spiro atoms. The summed E-state index contributed by atoms with van der Waals surface area (Å²) >= 11 is 0. The van der Waals surface area contributed by atoms with Gasteiger partial charge in [-0.3, -0.25) is 14.3 Å². The largest absolute Gasteiger partial charge is 0.481 e. The van der Waals surface area contributed by atoms with Crippen LogP contribution in [0.4, 0.5) is 0 Å². The molecule has 0 saturated carbocycles. The number of ether oxygens (including phenoxy) is 1. The van der Waals surface area contributed by atoms with Gasteiger partial charge in [0.2, 0.25) is 0 Å². The van der Waals surface area contributed by atoms with Crippen molar-refractivity contribution in [1.82, 2.24) is 14.7 Å². The SMILES string of the molecule is CCN(CCC(=O)O)C(=O)c1cnn(C2CCOCC2)c1C. The standard InChI is InChI=1S/C15H23N3O4/c1-3-17(7-4-14(19)20)15(21)13-10-16-18(11(13)2)12-5-8-22-9-6-12/h10,12H,3-9H2,1-2H3,(H,19,20). The molecule has 1 aliphatic heterocycles. The number of carboxylic acids is 1. The summed E-state index contributed by atoms with van der Waals surface area (Å²) in [6.07, 6.45) is 3.34. The first-order valence-corrected chi connectivity index (χ1v) is 7.67. The maximum atomic E-state index is 12.6. The summed E-state index contributed by atoms with van der Waals surface area (Å²) in [7, 11) is 0. The highest BCUT2D eigenvalue weighted by molar-refractivity contribution is 5.95. The van der Waals surface area contributed by atoms with Crippen LogP contribution in [-0.4, -0.2) is 58.0 Å². The molecular formula is C15H23N3O4. The highest BCUT2D eigenvalue weighted by atomic mass is 16.5. The van der Waals surface area contributed by atoms with Gasteiger partial charge in [-0.25, -0.2) is 0 Å². The van der Waals surface area contributed by atoms with Gasteiger partial charge in [0.05, 0.1) is 24.2 Å². The van der Waals surface area contributed by atoms with Crippen molar-refractivity contribution in [2.45, 2.75) is 39.2 Å². The van der Waals surface area contributed by atoms with E-state index in [-0.39, 0.29) is 24.9 Å². The molecule has 1 aliphatic rings. The summed E-state index contributed by atoms with van der Waals surface area (Å²) in [6, 6.07) is 0.268. The van der Waals surface area contributed by atoms with Crippen molar-refractivity contribution in [2.24, 2.45) is 0 Å². The lowest BCUT2D eigenvalue weighted by atomic mass is 10.1. The number of aliphatic carboxylic acids is 1. The number of nitrogens with zero attached hydrogens (tertiary/aromatic N) is 3. The number of carbonyl (C=O) groups excluding carboxylic acids is 1. The van der Waals surface area contributed by atoms with Gasteiger partial charge in [0, 0.05) is 32.0 Å². The van der Waals surface area contributed by atoms with Crippen LogP contribution in [0.2, 0.25) is 0 Å². The van der Waals surface area contributed by atoms with E-state index >= 15 is 0 Å². The second-order valence-corrected chi connectivity index (χ2v) is 5.46. The fourth-order valence-electron chi connectivity index (χ4n) is 2.74. The second-order valence-electron chi connectivity index (χ2n) is 5.46. The second kappa shape index (κ2) is 7.40. The Kier molecular flexibility index (Phi) is 5.54. The molecule has 0 aromatic carbocycles. The number of aromatic nitrogens is 2. The Morgan fingerprint density at radius 2 is 2.14 bits per heavy atom. The van der Waals surface area contributed by atoms with Gasteiger partial charge >= 0.3 is 5.97 Å². The van der Waals surface area contributed by atoms with Crippen molar-refractivity contribution in [3.63, 3.8) is 0 Å². The lowest BCUT2D eigenvalue weighted by Crippen LogP contribution is -2.33. The molecule has 0 bridgehead atoms. The van der Waals surface area contributed by atoms with Gasteiger partial charge in [-0.05, 0) is 26.7 Å². The molecule has 1 fully saturated rings. The number of hydrogen-bond donors (Lipinski definition) is 1. The number of rotatable bonds is 6. The topological polar surface area (TPSA) is 84.7 Å². The van der Waals surface area contributed by atoms with Gasteiger partial charge in [0.25, 0.3) is 5.91 Å². The van der Waals surface area contributed by atoms with E-state index in [0.717, 1.165) is 18.5 Å². The summed E-state index contributed by atoms with van der Waals surface area (Å²) in [5.74, 6) is -1.06. The maximum Gasteiger partial charge on any atom is 0.305 e. The summed E-state index contributed by atoms with van der Waals surface area (Å²) in [4.78, 5) is 24.8.